The predicted octanol–water partition coefficient (Wildman–Crippen LogP) is 4.43. The van der Waals surface area contributed by atoms with Crippen molar-refractivity contribution in [1.82, 2.24) is 10.1 Å². The summed E-state index contributed by atoms with van der Waals surface area (Å²) in [5.41, 5.74) is 2.43. The number of fused-ring (bicyclic) bond motifs is 1. The fourth-order valence-corrected chi connectivity index (χ4v) is 3.22. The summed E-state index contributed by atoms with van der Waals surface area (Å²) in [6, 6.07) is 21.9. The molecule has 1 aliphatic heterocycles. The molecule has 3 aromatic carbocycles. The smallest absolute Gasteiger partial charge is 0.259 e. The fraction of sp³-hybridized carbons (Fsp3) is 0.0870. The zero-order valence-electron chi connectivity index (χ0n) is 15.9. The third kappa shape index (κ3) is 3.48. The van der Waals surface area contributed by atoms with Crippen LogP contribution in [0.2, 0.25) is 0 Å². The molecule has 0 saturated heterocycles. The van der Waals surface area contributed by atoms with E-state index in [1.807, 2.05) is 36.4 Å². The van der Waals surface area contributed by atoms with Crippen molar-refractivity contribution in [1.29, 1.82) is 0 Å². The molecule has 5 rings (SSSR count). The lowest BCUT2D eigenvalue weighted by Gasteiger charge is -2.19. The van der Waals surface area contributed by atoms with E-state index in [9.17, 15) is 4.79 Å². The minimum Gasteiger partial charge on any atom is -0.486 e. The molecule has 30 heavy (non-hydrogen) atoms. The SMILES string of the molecule is O=C(Nc1ccc2c(c1)OCCO2)c1ccccc1-c1nc(-c2ccccc2)no1. The van der Waals surface area contributed by atoms with E-state index in [0.717, 1.165) is 5.56 Å². The average Bonchev–Trinajstić information content (AvgIpc) is 3.30. The molecule has 0 unspecified atom stereocenters. The Bertz CT molecular complexity index is 1200. The van der Waals surface area contributed by atoms with E-state index in [1.165, 1.54) is 0 Å². The van der Waals surface area contributed by atoms with Gasteiger partial charge in [-0.05, 0) is 24.3 Å². The normalized spacial score (nSPS) is 12.4. The Morgan fingerprint density at radius 2 is 1.63 bits per heavy atom. The van der Waals surface area contributed by atoms with Gasteiger partial charge in [-0.1, -0.05) is 47.6 Å². The summed E-state index contributed by atoms with van der Waals surface area (Å²) >= 11 is 0. The molecule has 2 heterocycles. The van der Waals surface area contributed by atoms with Crippen molar-refractivity contribution in [2.24, 2.45) is 0 Å². The Balaban J connectivity index is 1.42. The number of ether oxygens (including phenoxy) is 2. The Morgan fingerprint density at radius 1 is 0.867 bits per heavy atom. The number of hydrogen-bond acceptors (Lipinski definition) is 6. The summed E-state index contributed by atoms with van der Waals surface area (Å²) in [4.78, 5) is 17.4. The van der Waals surface area contributed by atoms with Gasteiger partial charge in [-0.25, -0.2) is 0 Å². The number of benzene rings is 3. The van der Waals surface area contributed by atoms with E-state index in [2.05, 4.69) is 15.5 Å². The van der Waals surface area contributed by atoms with Gasteiger partial charge in [-0.2, -0.15) is 4.98 Å². The number of amides is 1. The molecule has 0 aliphatic carbocycles. The third-order valence-electron chi connectivity index (χ3n) is 4.66. The quantitative estimate of drug-likeness (QED) is 0.546. The topological polar surface area (TPSA) is 86.5 Å². The van der Waals surface area contributed by atoms with Crippen LogP contribution in [0.15, 0.2) is 77.3 Å². The van der Waals surface area contributed by atoms with Gasteiger partial charge in [-0.3, -0.25) is 4.79 Å². The van der Waals surface area contributed by atoms with Gasteiger partial charge in [0.1, 0.15) is 13.2 Å². The first kappa shape index (κ1) is 17.9. The highest BCUT2D eigenvalue weighted by atomic mass is 16.6. The number of nitrogens with one attached hydrogen (secondary N) is 1. The standard InChI is InChI=1S/C23H17N3O4/c27-22(24-16-10-11-19-20(14-16)29-13-12-28-19)17-8-4-5-9-18(17)23-25-21(26-30-23)15-6-2-1-3-7-15/h1-11,14H,12-13H2,(H,24,27). The monoisotopic (exact) mass is 399 g/mol. The minimum atomic E-state index is -0.290. The first-order valence-electron chi connectivity index (χ1n) is 9.47. The van der Waals surface area contributed by atoms with Crippen LogP contribution in [-0.2, 0) is 0 Å². The predicted molar refractivity (Wildman–Crippen MR) is 111 cm³/mol. The number of rotatable bonds is 4. The van der Waals surface area contributed by atoms with Crippen LogP contribution in [0.25, 0.3) is 22.8 Å². The van der Waals surface area contributed by atoms with Crippen molar-refractivity contribution in [3.05, 3.63) is 78.4 Å². The maximum atomic E-state index is 13.0. The largest absolute Gasteiger partial charge is 0.486 e. The maximum absolute atomic E-state index is 13.0. The zero-order chi connectivity index (χ0) is 20.3. The second-order valence-electron chi connectivity index (χ2n) is 6.65. The van der Waals surface area contributed by atoms with Crippen molar-refractivity contribution in [2.75, 3.05) is 18.5 Å². The van der Waals surface area contributed by atoms with Gasteiger partial charge < -0.3 is 19.3 Å². The first-order valence-corrected chi connectivity index (χ1v) is 9.47. The number of nitrogens with zero attached hydrogens (tertiary/aromatic N) is 2. The van der Waals surface area contributed by atoms with Crippen LogP contribution in [0.3, 0.4) is 0 Å². The molecule has 4 aromatic rings. The molecule has 1 aromatic heterocycles. The number of carbonyl (C=O) groups excluding carboxylic acids is 1. The van der Waals surface area contributed by atoms with E-state index in [4.69, 9.17) is 14.0 Å². The van der Waals surface area contributed by atoms with Crippen LogP contribution in [0.5, 0.6) is 11.5 Å². The fourth-order valence-electron chi connectivity index (χ4n) is 3.22. The van der Waals surface area contributed by atoms with Crippen molar-refractivity contribution in [3.8, 4) is 34.3 Å². The second kappa shape index (κ2) is 7.71. The molecule has 0 radical (unpaired) electrons. The molecule has 0 fully saturated rings. The zero-order valence-corrected chi connectivity index (χ0v) is 15.9. The molecule has 1 aliphatic rings. The summed E-state index contributed by atoms with van der Waals surface area (Å²) in [6.45, 7) is 0.995. The summed E-state index contributed by atoms with van der Waals surface area (Å²) in [7, 11) is 0. The molecule has 7 nitrogen and oxygen atoms in total. The van der Waals surface area contributed by atoms with Gasteiger partial charge in [0.2, 0.25) is 5.82 Å². The molecular weight excluding hydrogens is 382 g/mol. The molecular formula is C23H17N3O4. The lowest BCUT2D eigenvalue weighted by molar-refractivity contribution is 0.102. The highest BCUT2D eigenvalue weighted by molar-refractivity contribution is 6.08. The minimum absolute atomic E-state index is 0.279. The maximum Gasteiger partial charge on any atom is 0.259 e. The lowest BCUT2D eigenvalue weighted by atomic mass is 10.1. The van der Waals surface area contributed by atoms with Crippen LogP contribution in [-0.4, -0.2) is 29.3 Å². The van der Waals surface area contributed by atoms with Crippen molar-refractivity contribution in [3.63, 3.8) is 0 Å². The van der Waals surface area contributed by atoms with Crippen molar-refractivity contribution >= 4 is 11.6 Å². The summed E-state index contributed by atoms with van der Waals surface area (Å²) in [6.07, 6.45) is 0. The van der Waals surface area contributed by atoms with Gasteiger partial charge in [0, 0.05) is 17.3 Å². The van der Waals surface area contributed by atoms with Crippen LogP contribution in [0.1, 0.15) is 10.4 Å². The molecule has 0 bridgehead atoms. The summed E-state index contributed by atoms with van der Waals surface area (Å²) in [5, 5.41) is 6.94. The van der Waals surface area contributed by atoms with E-state index in [0.29, 0.717) is 47.4 Å². The van der Waals surface area contributed by atoms with Gasteiger partial charge in [0.15, 0.2) is 11.5 Å². The van der Waals surface area contributed by atoms with E-state index >= 15 is 0 Å². The van der Waals surface area contributed by atoms with Crippen LogP contribution in [0.4, 0.5) is 5.69 Å². The Labute approximate surface area is 172 Å². The molecule has 7 heteroatoms. The highest BCUT2D eigenvalue weighted by Gasteiger charge is 2.19. The van der Waals surface area contributed by atoms with E-state index in [1.54, 1.807) is 36.4 Å². The van der Waals surface area contributed by atoms with Gasteiger partial charge in [-0.15, -0.1) is 0 Å². The molecule has 0 atom stereocenters. The first-order chi connectivity index (χ1) is 14.8. The Kier molecular flexibility index (Phi) is 4.61. The van der Waals surface area contributed by atoms with E-state index in [-0.39, 0.29) is 11.8 Å². The second-order valence-corrected chi connectivity index (χ2v) is 6.65. The molecule has 0 spiro atoms. The van der Waals surface area contributed by atoms with Crippen LogP contribution < -0.4 is 14.8 Å². The van der Waals surface area contributed by atoms with Crippen LogP contribution in [0, 0.1) is 0 Å². The Hall–Kier alpha value is -4.13. The van der Waals surface area contributed by atoms with Gasteiger partial charge in [0.25, 0.3) is 11.8 Å². The number of carbonyl (C=O) groups is 1. The van der Waals surface area contributed by atoms with Crippen molar-refractivity contribution < 1.29 is 18.8 Å². The Morgan fingerprint density at radius 3 is 2.50 bits per heavy atom. The molecule has 0 saturated carbocycles. The average molecular weight is 399 g/mol. The summed E-state index contributed by atoms with van der Waals surface area (Å²) < 4.78 is 16.5. The van der Waals surface area contributed by atoms with Crippen LogP contribution >= 0.6 is 0 Å². The molecule has 1 amide bonds. The van der Waals surface area contributed by atoms with Gasteiger partial charge >= 0.3 is 0 Å². The molecule has 1 N–H and O–H groups in total. The van der Waals surface area contributed by atoms with Gasteiger partial charge in [0.05, 0.1) is 11.1 Å². The third-order valence-corrected chi connectivity index (χ3v) is 4.66. The highest BCUT2D eigenvalue weighted by Crippen LogP contribution is 2.33. The number of aromatic nitrogens is 2. The number of anilines is 1. The summed E-state index contributed by atoms with van der Waals surface area (Å²) in [5.74, 6) is 1.73. The van der Waals surface area contributed by atoms with Crippen molar-refractivity contribution in [2.45, 2.75) is 0 Å². The lowest BCUT2D eigenvalue weighted by Crippen LogP contribution is -2.16. The molecule has 148 valence electrons. The number of hydrogen-bond donors (Lipinski definition) is 1. The van der Waals surface area contributed by atoms with E-state index < -0.39 is 0 Å².